The molecule has 3 saturated carbocycles. The van der Waals surface area contributed by atoms with Crippen molar-refractivity contribution in [3.05, 3.63) is 0 Å². The van der Waals surface area contributed by atoms with Crippen molar-refractivity contribution >= 4 is 5.91 Å². The highest BCUT2D eigenvalue weighted by molar-refractivity contribution is 5.84. The van der Waals surface area contributed by atoms with Gasteiger partial charge in [0.25, 0.3) is 0 Å². The van der Waals surface area contributed by atoms with E-state index in [4.69, 9.17) is 11.5 Å². The summed E-state index contributed by atoms with van der Waals surface area (Å²) in [4.78, 5) is 14.1. The number of carbonyl (C=O) groups excluding carboxylic acids is 1. The molecule has 0 heterocycles. The Bertz CT molecular complexity index is 324. The summed E-state index contributed by atoms with van der Waals surface area (Å²) in [5.41, 5.74) is 10.8. The lowest BCUT2D eigenvalue weighted by Crippen LogP contribution is -2.51. The van der Waals surface area contributed by atoms with E-state index in [-0.39, 0.29) is 5.91 Å². The van der Waals surface area contributed by atoms with Gasteiger partial charge in [-0.1, -0.05) is 0 Å². The third kappa shape index (κ3) is 2.69. The van der Waals surface area contributed by atoms with Crippen LogP contribution in [0.5, 0.6) is 0 Å². The zero-order valence-electron chi connectivity index (χ0n) is 11.1. The Kier molecular flexibility index (Phi) is 3.10. The molecule has 4 nitrogen and oxygen atoms in total. The van der Waals surface area contributed by atoms with Crippen LogP contribution < -0.4 is 11.5 Å². The van der Waals surface area contributed by atoms with E-state index in [0.717, 1.165) is 31.1 Å². The van der Waals surface area contributed by atoms with Crippen LogP contribution in [0.1, 0.15) is 44.9 Å². The van der Waals surface area contributed by atoms with Gasteiger partial charge in [-0.25, -0.2) is 0 Å². The first kappa shape index (κ1) is 12.4. The van der Waals surface area contributed by atoms with Gasteiger partial charge >= 0.3 is 0 Å². The number of nitrogens with two attached hydrogens (primary N) is 2. The normalized spacial score (nSPS) is 36.2. The molecule has 2 unspecified atom stereocenters. The molecule has 3 aliphatic carbocycles. The summed E-state index contributed by atoms with van der Waals surface area (Å²) in [5, 5.41) is 0. The second-order valence-corrected chi connectivity index (χ2v) is 6.76. The predicted octanol–water partition coefficient (Wildman–Crippen LogP) is 0.844. The molecule has 4 N–H and O–H groups in total. The zero-order valence-corrected chi connectivity index (χ0v) is 11.1. The van der Waals surface area contributed by atoms with Crippen LogP contribution >= 0.6 is 0 Å². The number of hydrogen-bond donors (Lipinski definition) is 2. The van der Waals surface area contributed by atoms with E-state index in [0.29, 0.717) is 6.04 Å². The highest BCUT2D eigenvalue weighted by Gasteiger charge is 2.44. The molecule has 0 aromatic heterocycles. The Balaban J connectivity index is 1.61. The molecule has 2 atom stereocenters. The van der Waals surface area contributed by atoms with Gasteiger partial charge in [-0.15, -0.1) is 0 Å². The molecule has 0 aliphatic heterocycles. The maximum atomic E-state index is 11.4. The Morgan fingerprint density at radius 3 is 2.06 bits per heavy atom. The minimum atomic E-state index is -0.740. The van der Waals surface area contributed by atoms with Gasteiger partial charge in [-0.3, -0.25) is 9.69 Å². The van der Waals surface area contributed by atoms with Gasteiger partial charge in [0.05, 0.1) is 5.54 Å². The summed E-state index contributed by atoms with van der Waals surface area (Å²) in [7, 11) is 0. The second-order valence-electron chi connectivity index (χ2n) is 6.76. The van der Waals surface area contributed by atoms with Gasteiger partial charge in [0.1, 0.15) is 0 Å². The van der Waals surface area contributed by atoms with Crippen LogP contribution in [0, 0.1) is 11.8 Å². The van der Waals surface area contributed by atoms with E-state index in [1.807, 2.05) is 0 Å². The molecule has 3 rings (SSSR count). The Hall–Kier alpha value is -0.610. The molecule has 18 heavy (non-hydrogen) atoms. The average molecular weight is 251 g/mol. The number of hydrogen-bond acceptors (Lipinski definition) is 3. The first-order valence-electron chi connectivity index (χ1n) is 7.40. The van der Waals surface area contributed by atoms with E-state index < -0.39 is 5.54 Å². The van der Waals surface area contributed by atoms with Crippen molar-refractivity contribution in [2.45, 2.75) is 56.5 Å². The van der Waals surface area contributed by atoms with E-state index >= 15 is 0 Å². The Labute approximate surface area is 109 Å². The van der Waals surface area contributed by atoms with Crippen LogP contribution in [0.2, 0.25) is 0 Å². The third-order valence-electron chi connectivity index (χ3n) is 4.91. The maximum Gasteiger partial charge on any atom is 0.237 e. The molecule has 0 aromatic carbocycles. The van der Waals surface area contributed by atoms with Gasteiger partial charge in [0.2, 0.25) is 5.91 Å². The number of primary amides is 1. The number of amides is 1. The predicted molar refractivity (Wildman–Crippen MR) is 70.8 cm³/mol. The van der Waals surface area contributed by atoms with Crippen molar-refractivity contribution in [3.63, 3.8) is 0 Å². The van der Waals surface area contributed by atoms with E-state index in [1.165, 1.54) is 38.8 Å². The Morgan fingerprint density at radius 2 is 1.67 bits per heavy atom. The van der Waals surface area contributed by atoms with Crippen LogP contribution in [0.15, 0.2) is 0 Å². The van der Waals surface area contributed by atoms with Gasteiger partial charge in [0, 0.05) is 19.1 Å². The molecular weight excluding hydrogens is 226 g/mol. The molecule has 0 saturated heterocycles. The summed E-state index contributed by atoms with van der Waals surface area (Å²) in [5.74, 6) is 1.50. The SMILES string of the molecule is NC(=O)C1(N)CCC(N(CC2CC2)CC2CC2)C1. The van der Waals surface area contributed by atoms with Gasteiger partial charge < -0.3 is 11.5 Å². The highest BCUT2D eigenvalue weighted by Crippen LogP contribution is 2.38. The summed E-state index contributed by atoms with van der Waals surface area (Å²) in [6.07, 6.45) is 8.11. The van der Waals surface area contributed by atoms with Crippen LogP contribution in [0.4, 0.5) is 0 Å². The van der Waals surface area contributed by atoms with Crippen LogP contribution in [-0.4, -0.2) is 35.5 Å². The largest absolute Gasteiger partial charge is 0.368 e. The molecule has 0 bridgehead atoms. The van der Waals surface area contributed by atoms with Crippen molar-refractivity contribution in [2.75, 3.05) is 13.1 Å². The van der Waals surface area contributed by atoms with Gasteiger partial charge in [-0.2, -0.15) is 0 Å². The lowest BCUT2D eigenvalue weighted by atomic mass is 9.98. The van der Waals surface area contributed by atoms with Crippen LogP contribution in [-0.2, 0) is 4.79 Å². The van der Waals surface area contributed by atoms with Gasteiger partial charge in [-0.05, 0) is 56.8 Å². The summed E-state index contributed by atoms with van der Waals surface area (Å²) >= 11 is 0. The number of nitrogens with zero attached hydrogens (tertiary/aromatic N) is 1. The molecule has 3 aliphatic rings. The monoisotopic (exact) mass is 251 g/mol. The fourth-order valence-corrected chi connectivity index (χ4v) is 3.22. The van der Waals surface area contributed by atoms with Crippen LogP contribution in [0.25, 0.3) is 0 Å². The molecule has 4 heteroatoms. The number of rotatable bonds is 6. The fraction of sp³-hybridized carbons (Fsp3) is 0.929. The minimum absolute atomic E-state index is 0.317. The van der Waals surface area contributed by atoms with Crippen molar-refractivity contribution in [2.24, 2.45) is 23.3 Å². The van der Waals surface area contributed by atoms with Crippen molar-refractivity contribution < 1.29 is 4.79 Å². The summed E-state index contributed by atoms with van der Waals surface area (Å²) in [6.45, 7) is 2.44. The molecule has 102 valence electrons. The fourth-order valence-electron chi connectivity index (χ4n) is 3.22. The molecule has 0 aromatic rings. The quantitative estimate of drug-likeness (QED) is 0.735. The summed E-state index contributed by atoms with van der Waals surface area (Å²) in [6, 6.07) is 0.490. The average Bonchev–Trinajstić information content (AvgIpc) is 3.22. The smallest absolute Gasteiger partial charge is 0.237 e. The van der Waals surface area contributed by atoms with E-state index in [2.05, 4.69) is 4.90 Å². The van der Waals surface area contributed by atoms with Crippen molar-refractivity contribution in [3.8, 4) is 0 Å². The standard InChI is InChI=1S/C14H25N3O/c15-13(18)14(16)6-5-12(7-14)17(8-10-1-2-10)9-11-3-4-11/h10-12H,1-9,16H2,(H2,15,18). The molecule has 3 fully saturated rings. The summed E-state index contributed by atoms with van der Waals surface area (Å²) < 4.78 is 0. The molecule has 0 spiro atoms. The second kappa shape index (κ2) is 4.49. The Morgan fingerprint density at radius 1 is 1.11 bits per heavy atom. The molecule has 0 radical (unpaired) electrons. The van der Waals surface area contributed by atoms with Crippen LogP contribution in [0.3, 0.4) is 0 Å². The topological polar surface area (TPSA) is 72.3 Å². The molecular formula is C14H25N3O. The van der Waals surface area contributed by atoms with E-state index in [1.54, 1.807) is 0 Å². The third-order valence-corrected chi connectivity index (χ3v) is 4.91. The van der Waals surface area contributed by atoms with Crippen molar-refractivity contribution in [1.82, 2.24) is 4.90 Å². The van der Waals surface area contributed by atoms with Crippen molar-refractivity contribution in [1.29, 1.82) is 0 Å². The van der Waals surface area contributed by atoms with E-state index in [9.17, 15) is 4.79 Å². The highest BCUT2D eigenvalue weighted by atomic mass is 16.1. The number of carbonyl (C=O) groups is 1. The lowest BCUT2D eigenvalue weighted by Gasteiger charge is -2.30. The zero-order chi connectivity index (χ0) is 12.8. The first-order valence-corrected chi connectivity index (χ1v) is 7.40. The first-order chi connectivity index (χ1) is 8.57. The van der Waals surface area contributed by atoms with Gasteiger partial charge in [0.15, 0.2) is 0 Å². The maximum absolute atomic E-state index is 11.4. The minimum Gasteiger partial charge on any atom is -0.368 e. The molecule has 1 amide bonds. The lowest BCUT2D eigenvalue weighted by molar-refractivity contribution is -0.123.